The highest BCUT2D eigenvalue weighted by molar-refractivity contribution is 8.13. The standard InChI is InChI=1S/C9H8Cl2O3S/c1-5-6-2-3-14-9(6)7(10)4-8(5)15(11,12)13/h4H,2-3H2,1H3. The maximum absolute atomic E-state index is 11.3. The molecule has 1 aromatic rings. The fourth-order valence-electron chi connectivity index (χ4n) is 1.72. The van der Waals surface area contributed by atoms with Gasteiger partial charge in [-0.1, -0.05) is 11.6 Å². The molecule has 3 nitrogen and oxygen atoms in total. The third-order valence-electron chi connectivity index (χ3n) is 2.43. The van der Waals surface area contributed by atoms with Crippen molar-refractivity contribution >= 4 is 31.3 Å². The number of hydrogen-bond donors (Lipinski definition) is 0. The maximum Gasteiger partial charge on any atom is 0.261 e. The molecule has 1 heterocycles. The van der Waals surface area contributed by atoms with E-state index in [1.807, 2.05) is 0 Å². The summed E-state index contributed by atoms with van der Waals surface area (Å²) in [7, 11) is 1.56. The molecule has 6 heteroatoms. The van der Waals surface area contributed by atoms with Gasteiger partial charge in [-0.15, -0.1) is 0 Å². The van der Waals surface area contributed by atoms with Crippen molar-refractivity contribution in [1.29, 1.82) is 0 Å². The molecule has 0 bridgehead atoms. The van der Waals surface area contributed by atoms with Crippen LogP contribution in [-0.4, -0.2) is 15.0 Å². The van der Waals surface area contributed by atoms with E-state index in [4.69, 9.17) is 27.0 Å². The molecule has 0 aromatic heterocycles. The van der Waals surface area contributed by atoms with Gasteiger partial charge >= 0.3 is 0 Å². The van der Waals surface area contributed by atoms with Crippen LogP contribution in [0.2, 0.25) is 5.02 Å². The van der Waals surface area contributed by atoms with Gasteiger partial charge in [-0.3, -0.25) is 0 Å². The lowest BCUT2D eigenvalue weighted by Crippen LogP contribution is -1.98. The predicted octanol–water partition coefficient (Wildman–Crippen LogP) is 2.51. The van der Waals surface area contributed by atoms with Gasteiger partial charge in [0.15, 0.2) is 0 Å². The Morgan fingerprint density at radius 3 is 2.73 bits per heavy atom. The number of fused-ring (bicyclic) bond motifs is 1. The third kappa shape index (κ3) is 1.82. The summed E-state index contributed by atoms with van der Waals surface area (Å²) in [6.07, 6.45) is 0.668. The van der Waals surface area contributed by atoms with Gasteiger partial charge in [-0.05, 0) is 18.6 Å². The van der Waals surface area contributed by atoms with Crippen LogP contribution in [0.1, 0.15) is 11.1 Å². The molecule has 0 fully saturated rings. The van der Waals surface area contributed by atoms with Crippen molar-refractivity contribution in [3.63, 3.8) is 0 Å². The van der Waals surface area contributed by atoms with E-state index >= 15 is 0 Å². The van der Waals surface area contributed by atoms with Gasteiger partial charge in [0.1, 0.15) is 5.75 Å². The lowest BCUT2D eigenvalue weighted by atomic mass is 10.1. The summed E-state index contributed by atoms with van der Waals surface area (Å²) in [6, 6.07) is 1.34. The Bertz CT molecular complexity index is 523. The molecule has 0 radical (unpaired) electrons. The van der Waals surface area contributed by atoms with Crippen LogP contribution >= 0.6 is 22.3 Å². The number of halogens is 2. The first-order valence-electron chi connectivity index (χ1n) is 4.30. The molecule has 0 atom stereocenters. The molecule has 15 heavy (non-hydrogen) atoms. The molecule has 2 rings (SSSR count). The zero-order valence-corrected chi connectivity index (χ0v) is 10.2. The Labute approximate surface area is 97.4 Å². The van der Waals surface area contributed by atoms with E-state index in [0.29, 0.717) is 29.4 Å². The van der Waals surface area contributed by atoms with Crippen LogP contribution in [0.15, 0.2) is 11.0 Å². The minimum Gasteiger partial charge on any atom is -0.491 e. The molecule has 0 N–H and O–H groups in total. The lowest BCUT2D eigenvalue weighted by molar-refractivity contribution is 0.357. The summed E-state index contributed by atoms with van der Waals surface area (Å²) >= 11 is 5.90. The first-order valence-corrected chi connectivity index (χ1v) is 6.99. The quantitative estimate of drug-likeness (QED) is 0.734. The van der Waals surface area contributed by atoms with Crippen molar-refractivity contribution < 1.29 is 13.2 Å². The second-order valence-electron chi connectivity index (χ2n) is 3.33. The molecule has 0 spiro atoms. The van der Waals surface area contributed by atoms with E-state index in [2.05, 4.69) is 0 Å². The molecule has 0 saturated carbocycles. The van der Waals surface area contributed by atoms with Crippen LogP contribution in [0.3, 0.4) is 0 Å². The SMILES string of the molecule is Cc1c(S(=O)(=O)Cl)cc(Cl)c2c1CCO2. The van der Waals surface area contributed by atoms with Gasteiger partial charge in [0, 0.05) is 22.7 Å². The normalized spacial score (nSPS) is 14.9. The Balaban J connectivity index is 2.76. The highest BCUT2D eigenvalue weighted by Crippen LogP contribution is 2.39. The molecule has 1 aliphatic heterocycles. The van der Waals surface area contributed by atoms with Gasteiger partial charge in [-0.25, -0.2) is 8.42 Å². The average Bonchev–Trinajstić information content (AvgIpc) is 2.58. The largest absolute Gasteiger partial charge is 0.491 e. The van der Waals surface area contributed by atoms with Crippen LogP contribution in [0.25, 0.3) is 0 Å². The van der Waals surface area contributed by atoms with E-state index in [9.17, 15) is 8.42 Å². The fraction of sp³-hybridized carbons (Fsp3) is 0.333. The van der Waals surface area contributed by atoms with Gasteiger partial charge < -0.3 is 4.74 Å². The second-order valence-corrected chi connectivity index (χ2v) is 6.27. The topological polar surface area (TPSA) is 43.4 Å². The van der Waals surface area contributed by atoms with Crippen LogP contribution in [0, 0.1) is 6.92 Å². The number of benzene rings is 1. The number of hydrogen-bond acceptors (Lipinski definition) is 3. The van der Waals surface area contributed by atoms with Gasteiger partial charge in [-0.2, -0.15) is 0 Å². The minimum absolute atomic E-state index is 0.0680. The predicted molar refractivity (Wildman–Crippen MR) is 58.4 cm³/mol. The van der Waals surface area contributed by atoms with Crippen molar-refractivity contribution in [2.24, 2.45) is 0 Å². The van der Waals surface area contributed by atoms with E-state index in [1.165, 1.54) is 6.07 Å². The summed E-state index contributed by atoms with van der Waals surface area (Å²) in [5, 5.41) is 0.298. The van der Waals surface area contributed by atoms with Gasteiger partial charge in [0.2, 0.25) is 0 Å². The Morgan fingerprint density at radius 2 is 2.13 bits per heavy atom. The zero-order chi connectivity index (χ0) is 11.2. The van der Waals surface area contributed by atoms with E-state index in [1.54, 1.807) is 6.92 Å². The average molecular weight is 267 g/mol. The molecule has 82 valence electrons. The molecule has 0 unspecified atom stereocenters. The Hall–Kier alpha value is -0.450. The second kappa shape index (κ2) is 3.54. The molecule has 1 aliphatic rings. The van der Waals surface area contributed by atoms with Gasteiger partial charge in [0.05, 0.1) is 16.5 Å². The molecular formula is C9H8Cl2O3S. The van der Waals surface area contributed by atoms with Crippen molar-refractivity contribution in [3.05, 3.63) is 22.2 Å². The van der Waals surface area contributed by atoms with E-state index in [-0.39, 0.29) is 4.90 Å². The molecule has 1 aromatic carbocycles. The van der Waals surface area contributed by atoms with Crippen LogP contribution < -0.4 is 4.74 Å². The number of rotatable bonds is 1. The summed E-state index contributed by atoms with van der Waals surface area (Å²) in [4.78, 5) is 0.0680. The first kappa shape index (κ1) is 11.0. The van der Waals surface area contributed by atoms with Crippen LogP contribution in [0.5, 0.6) is 5.75 Å². The molecule has 0 amide bonds. The van der Waals surface area contributed by atoms with Crippen molar-refractivity contribution in [1.82, 2.24) is 0 Å². The lowest BCUT2D eigenvalue weighted by Gasteiger charge is -2.08. The Kier molecular flexibility index (Phi) is 2.61. The van der Waals surface area contributed by atoms with Gasteiger partial charge in [0.25, 0.3) is 9.05 Å². The fourth-order valence-corrected chi connectivity index (χ4v) is 3.29. The smallest absolute Gasteiger partial charge is 0.261 e. The number of ether oxygens (including phenoxy) is 1. The van der Waals surface area contributed by atoms with Crippen molar-refractivity contribution in [3.8, 4) is 5.75 Å². The van der Waals surface area contributed by atoms with Crippen molar-refractivity contribution in [2.75, 3.05) is 6.61 Å². The van der Waals surface area contributed by atoms with Crippen LogP contribution in [0.4, 0.5) is 0 Å². The summed E-state index contributed by atoms with van der Waals surface area (Å²) in [5.74, 6) is 0.582. The van der Waals surface area contributed by atoms with E-state index < -0.39 is 9.05 Å². The molecule has 0 saturated heterocycles. The zero-order valence-electron chi connectivity index (χ0n) is 7.88. The summed E-state index contributed by atoms with van der Waals surface area (Å²) in [5.41, 5.74) is 1.46. The molecule has 0 aliphatic carbocycles. The van der Waals surface area contributed by atoms with Crippen LogP contribution in [-0.2, 0) is 15.5 Å². The third-order valence-corrected chi connectivity index (χ3v) is 4.16. The van der Waals surface area contributed by atoms with Crippen molar-refractivity contribution in [2.45, 2.75) is 18.2 Å². The Morgan fingerprint density at radius 1 is 1.47 bits per heavy atom. The summed E-state index contributed by atoms with van der Waals surface area (Å²) < 4.78 is 27.9. The molecular weight excluding hydrogens is 259 g/mol. The summed E-state index contributed by atoms with van der Waals surface area (Å²) in [6.45, 7) is 2.24. The monoisotopic (exact) mass is 266 g/mol. The highest BCUT2D eigenvalue weighted by Gasteiger charge is 2.25. The minimum atomic E-state index is -3.75. The highest BCUT2D eigenvalue weighted by atomic mass is 35.7. The first-order chi connectivity index (χ1) is 6.91. The maximum atomic E-state index is 11.3. The van der Waals surface area contributed by atoms with E-state index in [0.717, 1.165) is 5.56 Å².